The maximum absolute atomic E-state index is 13.3. The van der Waals surface area contributed by atoms with Gasteiger partial charge in [-0.25, -0.2) is 8.78 Å². The van der Waals surface area contributed by atoms with Gasteiger partial charge >= 0.3 is 0 Å². The van der Waals surface area contributed by atoms with Crippen LogP contribution in [-0.2, 0) is 6.42 Å². The maximum atomic E-state index is 13.3. The zero-order valence-corrected chi connectivity index (χ0v) is 15.6. The zero-order valence-electron chi connectivity index (χ0n) is 15.6. The highest BCUT2D eigenvalue weighted by Crippen LogP contribution is 2.30. The fourth-order valence-corrected chi connectivity index (χ4v) is 2.96. The molecule has 0 amide bonds. The van der Waals surface area contributed by atoms with Gasteiger partial charge < -0.3 is 5.73 Å². The van der Waals surface area contributed by atoms with E-state index < -0.39 is 5.92 Å². The lowest BCUT2D eigenvalue weighted by atomic mass is 9.95. The molecule has 2 aromatic rings. The highest BCUT2D eigenvalue weighted by Gasteiger charge is 2.21. The average molecular weight is 356 g/mol. The van der Waals surface area contributed by atoms with Crippen molar-refractivity contribution in [1.29, 1.82) is 0 Å². The molecular formula is C22H26F2N2. The maximum Gasteiger partial charge on any atom is 0.249 e. The molecule has 138 valence electrons. The molecule has 0 aliphatic carbocycles. The Kier molecular flexibility index (Phi) is 6.30. The van der Waals surface area contributed by atoms with Crippen LogP contribution in [0, 0.1) is 0 Å². The first-order valence-electron chi connectivity index (χ1n) is 8.65. The Morgan fingerprint density at radius 1 is 1.12 bits per heavy atom. The summed E-state index contributed by atoms with van der Waals surface area (Å²) in [7, 11) is 0. The molecule has 0 heterocycles. The van der Waals surface area contributed by atoms with Crippen LogP contribution in [0.25, 0.3) is 11.1 Å². The topological polar surface area (TPSA) is 38.4 Å². The van der Waals surface area contributed by atoms with Crippen molar-refractivity contribution in [3.05, 3.63) is 71.8 Å². The number of halogens is 2. The van der Waals surface area contributed by atoms with E-state index in [1.54, 1.807) is 13.0 Å². The lowest BCUT2D eigenvalue weighted by Gasteiger charge is -2.16. The molecular weight excluding hydrogens is 330 g/mol. The standard InChI is InChI=1S/C22H26F2N2/c1-15(2)11-21(26-16(3)25)20-10-6-9-19(13-20)18-8-5-7-17(12-18)14-22(4,23)24/h5-10,12-13,21H,1,11,14H2,2-4H3,(H2,25,26)/t21-/m0/s1. The Morgan fingerprint density at radius 2 is 1.73 bits per heavy atom. The van der Waals surface area contributed by atoms with E-state index >= 15 is 0 Å². The molecule has 0 aromatic heterocycles. The first-order valence-corrected chi connectivity index (χ1v) is 8.65. The van der Waals surface area contributed by atoms with Crippen LogP contribution >= 0.6 is 0 Å². The Bertz CT molecular complexity index is 800. The van der Waals surface area contributed by atoms with Gasteiger partial charge in [0.1, 0.15) is 0 Å². The van der Waals surface area contributed by atoms with E-state index in [0.29, 0.717) is 17.8 Å². The van der Waals surface area contributed by atoms with Crippen LogP contribution in [0.15, 0.2) is 65.7 Å². The number of alkyl halides is 2. The van der Waals surface area contributed by atoms with E-state index in [-0.39, 0.29) is 12.5 Å². The molecule has 0 aliphatic heterocycles. The summed E-state index contributed by atoms with van der Waals surface area (Å²) in [6.45, 7) is 8.65. The Balaban J connectivity index is 2.38. The van der Waals surface area contributed by atoms with Gasteiger partial charge in [-0.2, -0.15) is 0 Å². The number of hydrogen-bond acceptors (Lipinski definition) is 1. The quantitative estimate of drug-likeness (QED) is 0.372. The van der Waals surface area contributed by atoms with Crippen molar-refractivity contribution in [3.8, 4) is 11.1 Å². The van der Waals surface area contributed by atoms with Gasteiger partial charge in [-0.15, -0.1) is 6.58 Å². The third kappa shape index (κ3) is 6.10. The summed E-state index contributed by atoms with van der Waals surface area (Å²) in [5.74, 6) is -2.20. The van der Waals surface area contributed by atoms with Gasteiger partial charge in [0, 0.05) is 6.42 Å². The minimum Gasteiger partial charge on any atom is -0.388 e. The Labute approximate surface area is 154 Å². The van der Waals surface area contributed by atoms with E-state index in [0.717, 1.165) is 29.2 Å². The predicted molar refractivity (Wildman–Crippen MR) is 106 cm³/mol. The molecule has 1 atom stereocenters. The van der Waals surface area contributed by atoms with Gasteiger partial charge in [0.25, 0.3) is 0 Å². The molecule has 4 heteroatoms. The number of benzene rings is 2. The van der Waals surface area contributed by atoms with Crippen LogP contribution in [-0.4, -0.2) is 11.8 Å². The van der Waals surface area contributed by atoms with Crippen molar-refractivity contribution >= 4 is 5.84 Å². The van der Waals surface area contributed by atoms with Gasteiger partial charge in [0.15, 0.2) is 0 Å². The highest BCUT2D eigenvalue weighted by atomic mass is 19.3. The van der Waals surface area contributed by atoms with Gasteiger partial charge in [-0.05, 0) is 55.5 Å². The lowest BCUT2D eigenvalue weighted by molar-refractivity contribution is 0.0226. The summed E-state index contributed by atoms with van der Waals surface area (Å²) in [5.41, 5.74) is 10.3. The van der Waals surface area contributed by atoms with Crippen LogP contribution in [0.5, 0.6) is 0 Å². The number of nitrogens with zero attached hydrogens (tertiary/aromatic N) is 1. The zero-order chi connectivity index (χ0) is 19.3. The Hall–Kier alpha value is -2.49. The monoisotopic (exact) mass is 356 g/mol. The summed E-state index contributed by atoms with van der Waals surface area (Å²) in [4.78, 5) is 4.52. The molecule has 2 nitrogen and oxygen atoms in total. The number of rotatable bonds is 7. The molecule has 0 bridgehead atoms. The molecule has 26 heavy (non-hydrogen) atoms. The Morgan fingerprint density at radius 3 is 2.31 bits per heavy atom. The van der Waals surface area contributed by atoms with E-state index in [9.17, 15) is 8.78 Å². The van der Waals surface area contributed by atoms with Crippen molar-refractivity contribution in [2.75, 3.05) is 0 Å². The molecule has 0 unspecified atom stereocenters. The highest BCUT2D eigenvalue weighted by molar-refractivity contribution is 5.77. The molecule has 0 fully saturated rings. The van der Waals surface area contributed by atoms with Crippen LogP contribution < -0.4 is 5.73 Å². The largest absolute Gasteiger partial charge is 0.388 e. The molecule has 2 aromatic carbocycles. The third-order valence-corrected chi connectivity index (χ3v) is 3.95. The van der Waals surface area contributed by atoms with E-state index in [1.807, 2.05) is 49.4 Å². The second-order valence-corrected chi connectivity index (χ2v) is 7.02. The summed E-state index contributed by atoms with van der Waals surface area (Å²) >= 11 is 0. The number of hydrogen-bond donors (Lipinski definition) is 1. The van der Waals surface area contributed by atoms with Gasteiger partial charge in [-0.3, -0.25) is 4.99 Å². The van der Waals surface area contributed by atoms with Crippen LogP contribution in [0.1, 0.15) is 44.4 Å². The van der Waals surface area contributed by atoms with E-state index in [2.05, 4.69) is 11.6 Å². The van der Waals surface area contributed by atoms with Gasteiger partial charge in [-0.1, -0.05) is 48.0 Å². The van der Waals surface area contributed by atoms with Crippen molar-refractivity contribution in [2.24, 2.45) is 10.7 Å². The summed E-state index contributed by atoms with van der Waals surface area (Å²) < 4.78 is 26.6. The minimum absolute atomic E-state index is 0.0967. The fraction of sp³-hybridized carbons (Fsp3) is 0.318. The molecule has 2 N–H and O–H groups in total. The summed E-state index contributed by atoms with van der Waals surface area (Å²) in [6.07, 6.45) is 0.440. The average Bonchev–Trinajstić information content (AvgIpc) is 2.52. The first-order chi connectivity index (χ1) is 12.1. The number of amidine groups is 1. The van der Waals surface area contributed by atoms with Crippen molar-refractivity contribution in [2.45, 2.75) is 45.6 Å². The van der Waals surface area contributed by atoms with Crippen molar-refractivity contribution < 1.29 is 8.78 Å². The third-order valence-electron chi connectivity index (χ3n) is 3.95. The minimum atomic E-state index is -2.72. The second kappa shape index (κ2) is 8.26. The number of aliphatic imine (C=N–C) groups is 1. The molecule has 0 saturated carbocycles. The van der Waals surface area contributed by atoms with E-state index in [4.69, 9.17) is 5.73 Å². The SMILES string of the molecule is C=C(C)C[C@H](N=C(C)N)c1cccc(-c2cccc(CC(C)(F)F)c2)c1. The smallest absolute Gasteiger partial charge is 0.249 e. The molecule has 0 saturated heterocycles. The van der Waals surface area contributed by atoms with Crippen molar-refractivity contribution in [3.63, 3.8) is 0 Å². The normalized spacial score (nSPS) is 13.5. The molecule has 0 aliphatic rings. The fourth-order valence-electron chi connectivity index (χ4n) is 2.96. The second-order valence-electron chi connectivity index (χ2n) is 7.02. The molecule has 0 radical (unpaired) electrons. The predicted octanol–water partition coefficient (Wildman–Crippen LogP) is 5.94. The number of nitrogens with two attached hydrogens (primary N) is 1. The lowest BCUT2D eigenvalue weighted by Crippen LogP contribution is -2.13. The summed E-state index contributed by atoms with van der Waals surface area (Å²) in [6, 6.07) is 15.2. The molecule has 0 spiro atoms. The molecule has 2 rings (SSSR count). The van der Waals surface area contributed by atoms with Gasteiger partial charge in [0.2, 0.25) is 5.92 Å². The van der Waals surface area contributed by atoms with E-state index in [1.165, 1.54) is 0 Å². The van der Waals surface area contributed by atoms with Crippen molar-refractivity contribution in [1.82, 2.24) is 0 Å². The van der Waals surface area contributed by atoms with Crippen LogP contribution in [0.4, 0.5) is 8.78 Å². The van der Waals surface area contributed by atoms with Gasteiger partial charge in [0.05, 0.1) is 11.9 Å². The van der Waals surface area contributed by atoms with Crippen LogP contribution in [0.2, 0.25) is 0 Å². The van der Waals surface area contributed by atoms with Crippen LogP contribution in [0.3, 0.4) is 0 Å². The summed E-state index contributed by atoms with van der Waals surface area (Å²) in [5, 5.41) is 0. The first kappa shape index (κ1) is 19.8.